The Morgan fingerprint density at radius 2 is 1.33 bits per heavy atom. The zero-order valence-electron chi connectivity index (χ0n) is 36.4. The summed E-state index contributed by atoms with van der Waals surface area (Å²) in [7, 11) is 3.51. The smallest absolute Gasteiger partial charge is 0.0562 e. The van der Waals surface area contributed by atoms with Crippen LogP contribution in [0.15, 0.2) is 194 Å². The molecule has 1 heterocycles. The zero-order chi connectivity index (χ0) is 43.6. The van der Waals surface area contributed by atoms with Gasteiger partial charge in [0.05, 0.1) is 17.1 Å². The molecule has 1 aliphatic rings. The van der Waals surface area contributed by atoms with Gasteiger partial charge >= 0.3 is 0 Å². The number of para-hydroxylation sites is 2. The lowest BCUT2D eigenvalue weighted by molar-refractivity contribution is 0.603. The highest BCUT2D eigenvalue weighted by atomic mass is 15.0. The quantitative estimate of drug-likeness (QED) is 0.0567. The lowest BCUT2D eigenvalue weighted by Crippen LogP contribution is -2.22. The molecule has 0 amide bonds. The van der Waals surface area contributed by atoms with Crippen molar-refractivity contribution in [2.45, 2.75) is 46.1 Å². The largest absolute Gasteiger partial charge is 0.388 e. The van der Waals surface area contributed by atoms with E-state index in [1.165, 1.54) is 84.0 Å². The van der Waals surface area contributed by atoms with E-state index in [0.29, 0.717) is 0 Å². The molecule has 1 unspecified atom stereocenters. The molecule has 1 aliphatic carbocycles. The third kappa shape index (κ3) is 10.7. The van der Waals surface area contributed by atoms with Gasteiger partial charge in [-0.05, 0) is 114 Å². The van der Waals surface area contributed by atoms with Crippen molar-refractivity contribution in [3.8, 4) is 5.69 Å². The Balaban J connectivity index is 0.000000206. The first-order valence-corrected chi connectivity index (χ1v) is 21.2. The van der Waals surface area contributed by atoms with Gasteiger partial charge in [-0.3, -0.25) is 11.7 Å². The predicted octanol–water partition coefficient (Wildman–Crippen LogP) is 12.9. The monoisotopic (exact) mass is 807 g/mol. The van der Waals surface area contributed by atoms with Crippen LogP contribution in [-0.2, 0) is 6.42 Å². The summed E-state index contributed by atoms with van der Waals surface area (Å²) in [5.41, 5.74) is 15.7. The average Bonchev–Trinajstić information content (AvgIpc) is 3.68. The highest BCUT2D eigenvalue weighted by Gasteiger charge is 2.17. The lowest BCUT2D eigenvalue weighted by Gasteiger charge is -2.22. The molecule has 6 nitrogen and oxygen atoms in total. The number of fused-ring (bicyclic) bond motifs is 5. The van der Waals surface area contributed by atoms with E-state index < -0.39 is 0 Å². The van der Waals surface area contributed by atoms with Gasteiger partial charge in [0, 0.05) is 40.5 Å². The van der Waals surface area contributed by atoms with Gasteiger partial charge in [0.2, 0.25) is 0 Å². The number of rotatable bonds is 9. The van der Waals surface area contributed by atoms with Crippen molar-refractivity contribution in [2.24, 2.45) is 17.4 Å². The summed E-state index contributed by atoms with van der Waals surface area (Å²) in [5, 5.41) is 14.8. The summed E-state index contributed by atoms with van der Waals surface area (Å²) >= 11 is 0. The molecule has 0 radical (unpaired) electrons. The Bertz CT molecular complexity index is 2740. The number of anilines is 1. The fraction of sp³-hybridized carbons (Fsp3) is 0.164. The Morgan fingerprint density at radius 3 is 1.97 bits per heavy atom. The normalized spacial score (nSPS) is 12.3. The van der Waals surface area contributed by atoms with Crippen molar-refractivity contribution in [3.05, 3.63) is 211 Å². The minimum absolute atomic E-state index is 0.176. The molecular formula is C55H62N6. The fourth-order valence-electron chi connectivity index (χ4n) is 7.91. The molecule has 312 valence electrons. The van der Waals surface area contributed by atoms with Gasteiger partial charge in [-0.1, -0.05) is 160 Å². The van der Waals surface area contributed by atoms with Crippen molar-refractivity contribution < 1.29 is 0 Å². The van der Waals surface area contributed by atoms with E-state index >= 15 is 0 Å². The Kier molecular flexibility index (Phi) is 17.2. The van der Waals surface area contributed by atoms with Gasteiger partial charge in [0.25, 0.3) is 0 Å². The highest BCUT2D eigenvalue weighted by molar-refractivity contribution is 6.11. The van der Waals surface area contributed by atoms with E-state index in [1.807, 2.05) is 33.9 Å². The molecule has 6 heteroatoms. The van der Waals surface area contributed by atoms with Gasteiger partial charge in [0.1, 0.15) is 0 Å². The summed E-state index contributed by atoms with van der Waals surface area (Å²) in [6.45, 7) is 9.98. The topological polar surface area (TPSA) is 107 Å². The van der Waals surface area contributed by atoms with Gasteiger partial charge in [-0.2, -0.15) is 0 Å². The molecule has 7 aromatic carbocycles. The number of allylic oxidation sites excluding steroid dienone is 6. The summed E-state index contributed by atoms with van der Waals surface area (Å²) in [6.07, 6.45) is 13.7. The molecule has 0 fully saturated rings. The van der Waals surface area contributed by atoms with Gasteiger partial charge in [-0.25, -0.2) is 0 Å². The third-order valence-corrected chi connectivity index (χ3v) is 10.8. The molecule has 8 N–H and O–H groups in total. The predicted molar refractivity (Wildman–Crippen MR) is 268 cm³/mol. The van der Waals surface area contributed by atoms with Crippen molar-refractivity contribution >= 4 is 54.6 Å². The van der Waals surface area contributed by atoms with Crippen LogP contribution in [0.1, 0.15) is 56.3 Å². The van der Waals surface area contributed by atoms with E-state index in [-0.39, 0.29) is 6.04 Å². The van der Waals surface area contributed by atoms with Gasteiger partial charge < -0.3 is 20.9 Å². The summed E-state index contributed by atoms with van der Waals surface area (Å²) in [4.78, 5) is 0. The SMILES string of the molecule is C=C/C(=C\C)NC(Cc1ccc2ccccc2c1)c1ccc2ccccc2c1.CC.CN.CNc1cc2c(cc1C1=CC=CCC1)c1ccccc1n2-c1ccccc1.NN. The van der Waals surface area contributed by atoms with Gasteiger partial charge in [-0.15, -0.1) is 0 Å². The molecule has 9 rings (SSSR count). The van der Waals surface area contributed by atoms with Crippen molar-refractivity contribution in [3.63, 3.8) is 0 Å². The Hall–Kier alpha value is -6.70. The second-order valence-electron chi connectivity index (χ2n) is 14.1. The van der Waals surface area contributed by atoms with Crippen LogP contribution in [0.25, 0.3) is 54.6 Å². The van der Waals surface area contributed by atoms with Crippen LogP contribution in [0.4, 0.5) is 5.69 Å². The maximum atomic E-state index is 4.50. The number of nitrogens with one attached hydrogen (secondary N) is 2. The number of nitrogens with zero attached hydrogens (tertiary/aromatic N) is 1. The first-order valence-electron chi connectivity index (χ1n) is 21.2. The molecule has 0 saturated heterocycles. The van der Waals surface area contributed by atoms with E-state index in [1.54, 1.807) is 0 Å². The standard InChI is InChI=1S/C27H25N.C25H22N2.C2H6.CH5N.H4N2/c1-3-26(4-2)28-27(25-16-15-22-10-6-8-12-24(22)19-25)18-20-13-14-21-9-5-7-11-23(21)17-20;1-26-23-17-25-22(16-21(23)18-10-4-2-5-11-18)20-14-8-9-15-24(20)27(25)19-12-6-3-7-13-19;3*1-2/h3-17,19,27-28H,1,18H2,2H3;2-4,6-10,12-17,26H,5,11H2,1H3;1-2H3;2H2,1H3;1-2H2/b26-4+;;;;. The maximum Gasteiger partial charge on any atom is 0.0562 e. The molecule has 1 aromatic heterocycles. The second-order valence-corrected chi connectivity index (χ2v) is 14.1. The van der Waals surface area contributed by atoms with Crippen LogP contribution in [0.2, 0.25) is 0 Å². The summed E-state index contributed by atoms with van der Waals surface area (Å²) in [5.74, 6) is 8.00. The molecule has 0 aliphatic heterocycles. The molecule has 0 spiro atoms. The molecule has 1 atom stereocenters. The maximum absolute atomic E-state index is 4.50. The molecule has 61 heavy (non-hydrogen) atoms. The number of aromatic nitrogens is 1. The van der Waals surface area contributed by atoms with E-state index in [9.17, 15) is 0 Å². The van der Waals surface area contributed by atoms with E-state index in [2.05, 4.69) is 215 Å². The van der Waals surface area contributed by atoms with Crippen LogP contribution in [0.3, 0.4) is 0 Å². The number of benzene rings is 7. The van der Waals surface area contributed by atoms with E-state index in [4.69, 9.17) is 0 Å². The van der Waals surface area contributed by atoms with Crippen LogP contribution >= 0.6 is 0 Å². The minimum atomic E-state index is 0.176. The zero-order valence-corrected chi connectivity index (χ0v) is 36.4. The molecule has 8 aromatic rings. The Morgan fingerprint density at radius 1 is 0.705 bits per heavy atom. The molecule has 0 bridgehead atoms. The number of nitrogens with two attached hydrogens (primary N) is 3. The highest BCUT2D eigenvalue weighted by Crippen LogP contribution is 2.39. The Labute approximate surface area is 362 Å². The first-order chi connectivity index (χ1) is 30.1. The van der Waals surface area contributed by atoms with Crippen molar-refractivity contribution in [1.82, 2.24) is 9.88 Å². The van der Waals surface area contributed by atoms with Gasteiger partial charge in [0.15, 0.2) is 0 Å². The minimum Gasteiger partial charge on any atom is -0.388 e. The van der Waals surface area contributed by atoms with Crippen LogP contribution in [0.5, 0.6) is 0 Å². The number of hydrazine groups is 1. The number of hydrogen-bond acceptors (Lipinski definition) is 5. The lowest BCUT2D eigenvalue weighted by atomic mass is 9.94. The number of hydrogen-bond donors (Lipinski definition) is 5. The third-order valence-electron chi connectivity index (χ3n) is 10.8. The van der Waals surface area contributed by atoms with Crippen LogP contribution in [-0.4, -0.2) is 18.7 Å². The second kappa shape index (κ2) is 23.2. The van der Waals surface area contributed by atoms with E-state index in [0.717, 1.165) is 25.0 Å². The van der Waals surface area contributed by atoms with Crippen LogP contribution < -0.4 is 28.1 Å². The van der Waals surface area contributed by atoms with Crippen molar-refractivity contribution in [2.75, 3.05) is 19.4 Å². The molecular weight excluding hydrogens is 745 g/mol. The summed E-state index contributed by atoms with van der Waals surface area (Å²) < 4.78 is 2.37. The average molecular weight is 807 g/mol. The summed E-state index contributed by atoms with van der Waals surface area (Å²) in [6, 6.07) is 54.7. The van der Waals surface area contributed by atoms with Crippen LogP contribution in [0, 0.1) is 0 Å². The first kappa shape index (κ1) is 45.4. The fourth-order valence-corrected chi connectivity index (χ4v) is 7.91. The molecule has 0 saturated carbocycles. The van der Waals surface area contributed by atoms with Crippen molar-refractivity contribution in [1.29, 1.82) is 0 Å².